The predicted molar refractivity (Wildman–Crippen MR) is 101 cm³/mol. The number of aromatic nitrogens is 2. The summed E-state index contributed by atoms with van der Waals surface area (Å²) in [6.45, 7) is -0.494. The van der Waals surface area contributed by atoms with E-state index in [0.29, 0.717) is 22.4 Å². The van der Waals surface area contributed by atoms with Crippen LogP contribution in [0, 0.1) is 0 Å². The number of rotatable bonds is 10. The zero-order chi connectivity index (χ0) is 22.8. The number of carbonyl (C=O) groups is 2. The van der Waals surface area contributed by atoms with E-state index in [0.717, 1.165) is 0 Å². The Balaban J connectivity index is 2.33. The number of hydrogen-bond donors (Lipinski definition) is 5. The summed E-state index contributed by atoms with van der Waals surface area (Å²) in [5.41, 5.74) is 11.4. The lowest BCUT2D eigenvalue weighted by Gasteiger charge is -2.32. The SMILES string of the molecule is C[N+](C)(C)C(CCc1nc(CC(N)C(=O)[O-])cn1C1OC(CO)C(O)C1O)C(N)=O. The maximum absolute atomic E-state index is 11.9. The summed E-state index contributed by atoms with van der Waals surface area (Å²) in [4.78, 5) is 27.3. The van der Waals surface area contributed by atoms with Crippen molar-refractivity contribution in [3.63, 3.8) is 0 Å². The number of primary amides is 1. The number of carboxylic acid groups (broad SMARTS) is 1. The molecule has 1 aromatic rings. The molecule has 6 unspecified atom stereocenters. The molecule has 30 heavy (non-hydrogen) atoms. The van der Waals surface area contributed by atoms with E-state index in [9.17, 15) is 30.0 Å². The molecule has 12 nitrogen and oxygen atoms in total. The quantitative estimate of drug-likeness (QED) is 0.228. The molecule has 2 rings (SSSR count). The van der Waals surface area contributed by atoms with Crippen molar-refractivity contribution in [2.24, 2.45) is 11.5 Å². The van der Waals surface area contributed by atoms with Gasteiger partial charge < -0.3 is 50.5 Å². The normalized spacial score (nSPS) is 26.5. The molecule has 0 radical (unpaired) electrons. The van der Waals surface area contributed by atoms with Crippen LogP contribution in [0.4, 0.5) is 0 Å². The Morgan fingerprint density at radius 2 is 1.97 bits per heavy atom. The predicted octanol–water partition coefficient (Wildman–Crippen LogP) is -4.39. The standard InChI is InChI=1S/C18H31N5O7/c1-23(2,3)11(16(20)27)4-5-13-21-9(6-10(19)18(28)29)7-22(13)17-15(26)14(25)12(8-24)30-17/h7,10-12,14-15,17,24-26H,4-6,8,19H2,1-3H3,(H2-,20,27,28,29). The van der Waals surface area contributed by atoms with E-state index in [2.05, 4.69) is 4.98 Å². The van der Waals surface area contributed by atoms with Gasteiger partial charge in [-0.1, -0.05) is 0 Å². The van der Waals surface area contributed by atoms with Crippen LogP contribution in [0.1, 0.15) is 24.2 Å². The average Bonchev–Trinajstić information content (AvgIpc) is 3.14. The first-order valence-corrected chi connectivity index (χ1v) is 9.62. The molecule has 1 fully saturated rings. The lowest BCUT2D eigenvalue weighted by atomic mass is 10.1. The summed E-state index contributed by atoms with van der Waals surface area (Å²) in [6.07, 6.45) is -2.75. The number of aliphatic hydroxyl groups is 3. The summed E-state index contributed by atoms with van der Waals surface area (Å²) in [5, 5.41) is 40.8. The highest BCUT2D eigenvalue weighted by atomic mass is 16.6. The molecule has 0 saturated carbocycles. The Kier molecular flexibility index (Phi) is 7.55. The van der Waals surface area contributed by atoms with Crippen LogP contribution in [0.2, 0.25) is 0 Å². The molecule has 170 valence electrons. The lowest BCUT2D eigenvalue weighted by Crippen LogP contribution is -2.52. The highest BCUT2D eigenvalue weighted by Crippen LogP contribution is 2.31. The molecule has 1 aliphatic heterocycles. The maximum Gasteiger partial charge on any atom is 0.275 e. The maximum atomic E-state index is 11.9. The number of quaternary nitrogens is 1. The van der Waals surface area contributed by atoms with Crippen molar-refractivity contribution in [1.29, 1.82) is 0 Å². The molecule has 1 amide bonds. The first kappa shape index (κ1) is 24.2. The van der Waals surface area contributed by atoms with Crippen LogP contribution >= 0.6 is 0 Å². The Hall–Kier alpha value is -2.09. The third-order valence-corrected chi connectivity index (χ3v) is 5.29. The Bertz CT molecular complexity index is 763. The number of ether oxygens (including phenoxy) is 1. The molecule has 0 aliphatic carbocycles. The fourth-order valence-corrected chi connectivity index (χ4v) is 3.59. The molecule has 7 N–H and O–H groups in total. The summed E-state index contributed by atoms with van der Waals surface area (Å²) >= 11 is 0. The largest absolute Gasteiger partial charge is 0.548 e. The second kappa shape index (κ2) is 9.37. The van der Waals surface area contributed by atoms with E-state index in [-0.39, 0.29) is 12.8 Å². The Labute approximate surface area is 174 Å². The smallest absolute Gasteiger partial charge is 0.275 e. The van der Waals surface area contributed by atoms with Gasteiger partial charge in [-0.25, -0.2) is 4.98 Å². The summed E-state index contributed by atoms with van der Waals surface area (Å²) in [5.74, 6) is -1.52. The Morgan fingerprint density at radius 3 is 2.43 bits per heavy atom. The van der Waals surface area contributed by atoms with Crippen LogP contribution in [0.25, 0.3) is 0 Å². The van der Waals surface area contributed by atoms with Crippen molar-refractivity contribution in [2.45, 2.75) is 55.9 Å². The summed E-state index contributed by atoms with van der Waals surface area (Å²) < 4.78 is 7.33. The number of carbonyl (C=O) groups excluding carboxylic acids is 2. The van der Waals surface area contributed by atoms with Crippen molar-refractivity contribution in [3.05, 3.63) is 17.7 Å². The molecular formula is C18H31N5O7. The van der Waals surface area contributed by atoms with E-state index in [1.54, 1.807) is 0 Å². The van der Waals surface area contributed by atoms with Gasteiger partial charge in [0.15, 0.2) is 12.3 Å². The number of likely N-dealkylation sites (N-methyl/N-ethyl adjacent to an activating group) is 1. The highest BCUT2D eigenvalue weighted by Gasteiger charge is 2.44. The van der Waals surface area contributed by atoms with E-state index in [1.165, 1.54) is 10.8 Å². The van der Waals surface area contributed by atoms with Crippen molar-refractivity contribution < 1.29 is 39.2 Å². The molecule has 1 saturated heterocycles. The summed E-state index contributed by atoms with van der Waals surface area (Å²) in [7, 11) is 5.49. The van der Waals surface area contributed by atoms with Gasteiger partial charge in [-0.05, 0) is 0 Å². The molecule has 0 aromatic carbocycles. The number of nitrogens with zero attached hydrogens (tertiary/aromatic N) is 3. The Morgan fingerprint density at radius 1 is 1.33 bits per heavy atom. The van der Waals surface area contributed by atoms with Gasteiger partial charge in [-0.15, -0.1) is 0 Å². The van der Waals surface area contributed by atoms with E-state index in [1.807, 2.05) is 21.1 Å². The number of aliphatic hydroxyl groups excluding tert-OH is 3. The number of imidazole rings is 1. The van der Waals surface area contributed by atoms with Crippen LogP contribution in [0.5, 0.6) is 0 Å². The number of carboxylic acids is 1. The van der Waals surface area contributed by atoms with Crippen molar-refractivity contribution in [2.75, 3.05) is 27.7 Å². The van der Waals surface area contributed by atoms with Crippen molar-refractivity contribution in [1.82, 2.24) is 9.55 Å². The molecule has 2 heterocycles. The van der Waals surface area contributed by atoms with Gasteiger partial charge in [0.2, 0.25) is 0 Å². The molecule has 1 aliphatic rings. The molecule has 0 spiro atoms. The minimum Gasteiger partial charge on any atom is -0.548 e. The average molecular weight is 429 g/mol. The van der Waals surface area contributed by atoms with Gasteiger partial charge >= 0.3 is 0 Å². The van der Waals surface area contributed by atoms with Gasteiger partial charge in [-0.3, -0.25) is 4.79 Å². The van der Waals surface area contributed by atoms with E-state index >= 15 is 0 Å². The molecule has 6 atom stereocenters. The lowest BCUT2D eigenvalue weighted by molar-refractivity contribution is -0.886. The summed E-state index contributed by atoms with van der Waals surface area (Å²) in [6, 6.07) is -1.80. The third kappa shape index (κ3) is 5.33. The molecule has 1 aromatic heterocycles. The van der Waals surface area contributed by atoms with Crippen LogP contribution in [0.15, 0.2) is 6.20 Å². The van der Waals surface area contributed by atoms with Gasteiger partial charge in [0.05, 0.1) is 39.4 Å². The minimum atomic E-state index is -1.43. The van der Waals surface area contributed by atoms with Gasteiger partial charge in [-0.2, -0.15) is 0 Å². The van der Waals surface area contributed by atoms with E-state index in [4.69, 9.17) is 16.2 Å². The molecule has 0 bridgehead atoms. The zero-order valence-corrected chi connectivity index (χ0v) is 17.3. The first-order valence-electron chi connectivity index (χ1n) is 9.62. The topological polar surface area (TPSA) is 197 Å². The fourth-order valence-electron chi connectivity index (χ4n) is 3.59. The molecular weight excluding hydrogens is 398 g/mol. The van der Waals surface area contributed by atoms with Gasteiger partial charge in [0, 0.05) is 31.5 Å². The second-order valence-corrected chi connectivity index (χ2v) is 8.49. The van der Waals surface area contributed by atoms with Crippen LogP contribution in [-0.4, -0.2) is 99.4 Å². The van der Waals surface area contributed by atoms with Crippen molar-refractivity contribution in [3.8, 4) is 0 Å². The van der Waals surface area contributed by atoms with Crippen LogP contribution in [-0.2, 0) is 27.2 Å². The second-order valence-electron chi connectivity index (χ2n) is 8.49. The highest BCUT2D eigenvalue weighted by molar-refractivity contribution is 5.78. The minimum absolute atomic E-state index is 0.119. The third-order valence-electron chi connectivity index (χ3n) is 5.29. The van der Waals surface area contributed by atoms with Crippen LogP contribution in [0.3, 0.4) is 0 Å². The fraction of sp³-hybridized carbons (Fsp3) is 0.722. The monoisotopic (exact) mass is 429 g/mol. The number of hydrogen-bond acceptors (Lipinski definition) is 9. The van der Waals surface area contributed by atoms with Crippen molar-refractivity contribution >= 4 is 11.9 Å². The number of aryl methyl sites for hydroxylation is 1. The number of aliphatic carboxylic acids is 1. The van der Waals surface area contributed by atoms with Gasteiger partial charge in [0.1, 0.15) is 24.1 Å². The molecule has 12 heteroatoms. The zero-order valence-electron chi connectivity index (χ0n) is 17.3. The first-order chi connectivity index (χ1) is 13.9. The van der Waals surface area contributed by atoms with Crippen LogP contribution < -0.4 is 16.6 Å². The van der Waals surface area contributed by atoms with E-state index < -0.39 is 55.1 Å². The number of amides is 1. The van der Waals surface area contributed by atoms with Gasteiger partial charge in [0.25, 0.3) is 5.91 Å². The number of nitrogens with two attached hydrogens (primary N) is 2.